The van der Waals surface area contributed by atoms with Crippen LogP contribution in [0, 0.1) is 0 Å². The zero-order valence-electron chi connectivity index (χ0n) is 20.8. The zero-order valence-corrected chi connectivity index (χ0v) is 20.8. The van der Waals surface area contributed by atoms with Crippen molar-refractivity contribution in [3.63, 3.8) is 0 Å². The number of piperazine rings is 1. The molecule has 1 fully saturated rings. The van der Waals surface area contributed by atoms with Gasteiger partial charge in [0.15, 0.2) is 0 Å². The van der Waals surface area contributed by atoms with E-state index in [0.29, 0.717) is 11.5 Å². The maximum absolute atomic E-state index is 12.5. The van der Waals surface area contributed by atoms with Crippen molar-refractivity contribution < 1.29 is 14.4 Å². The van der Waals surface area contributed by atoms with Crippen LogP contribution in [0.4, 0.5) is 5.69 Å². The van der Waals surface area contributed by atoms with Gasteiger partial charge in [0, 0.05) is 11.1 Å². The number of nitrogens with zero attached hydrogens (tertiary/aromatic N) is 2. The lowest BCUT2D eigenvalue weighted by Gasteiger charge is -2.34. The second-order valence-corrected chi connectivity index (χ2v) is 9.30. The number of rotatable bonds is 8. The van der Waals surface area contributed by atoms with Gasteiger partial charge in [0.1, 0.15) is 12.3 Å². The third-order valence-corrected chi connectivity index (χ3v) is 6.55. The molecule has 6 heteroatoms. The molecule has 35 heavy (non-hydrogen) atoms. The first-order chi connectivity index (χ1) is 17.0. The van der Waals surface area contributed by atoms with Crippen LogP contribution < -0.4 is 20.0 Å². The van der Waals surface area contributed by atoms with Crippen LogP contribution >= 0.6 is 0 Å². The van der Waals surface area contributed by atoms with Crippen molar-refractivity contribution >= 4 is 17.8 Å². The Morgan fingerprint density at radius 1 is 1.03 bits per heavy atom. The van der Waals surface area contributed by atoms with Crippen molar-refractivity contribution in [1.29, 1.82) is 0 Å². The van der Waals surface area contributed by atoms with Gasteiger partial charge in [-0.25, -0.2) is 5.43 Å². The molecule has 0 aliphatic carbocycles. The van der Waals surface area contributed by atoms with Gasteiger partial charge in [0.25, 0.3) is 5.91 Å². The number of para-hydroxylation sites is 2. The highest BCUT2D eigenvalue weighted by molar-refractivity contribution is 5.94. The number of hydrogen-bond acceptors (Lipinski definition) is 4. The molecule has 0 aromatic heterocycles. The first-order valence-electron chi connectivity index (χ1n) is 12.3. The molecule has 0 saturated carbocycles. The minimum Gasteiger partial charge on any atom is -0.495 e. The Morgan fingerprint density at radius 2 is 1.71 bits per heavy atom. The van der Waals surface area contributed by atoms with Crippen LogP contribution in [0.15, 0.2) is 77.9 Å². The fourth-order valence-corrected chi connectivity index (χ4v) is 4.39. The molecular weight excluding hydrogens is 436 g/mol. The van der Waals surface area contributed by atoms with E-state index in [2.05, 4.69) is 53.5 Å². The van der Waals surface area contributed by atoms with E-state index in [4.69, 9.17) is 4.74 Å². The number of carbonyl (C=O) groups is 1. The lowest BCUT2D eigenvalue weighted by atomic mass is 10.0. The molecular formula is C29H35N4O2+. The molecule has 0 unspecified atom stereocenters. The summed E-state index contributed by atoms with van der Waals surface area (Å²) in [5.74, 6) is 1.22. The fraction of sp³-hybridized carbons (Fsp3) is 0.310. The maximum atomic E-state index is 12.5. The highest BCUT2D eigenvalue weighted by Gasteiger charge is 2.22. The molecule has 3 aromatic carbocycles. The molecule has 1 amide bonds. The predicted molar refractivity (Wildman–Crippen MR) is 142 cm³/mol. The number of carbonyl (C=O) groups excluding carboxylic acids is 1. The minimum atomic E-state index is -0.204. The second kappa shape index (κ2) is 11.7. The summed E-state index contributed by atoms with van der Waals surface area (Å²) in [7, 11) is 1.72. The summed E-state index contributed by atoms with van der Waals surface area (Å²) in [4.78, 5) is 16.4. The second-order valence-electron chi connectivity index (χ2n) is 9.30. The van der Waals surface area contributed by atoms with Gasteiger partial charge >= 0.3 is 0 Å². The van der Waals surface area contributed by atoms with Gasteiger partial charge in [-0.3, -0.25) is 4.79 Å². The third kappa shape index (κ3) is 6.49. The molecule has 4 rings (SSSR count). The number of ether oxygens (including phenoxy) is 1. The number of anilines is 1. The Hall–Kier alpha value is -3.64. The van der Waals surface area contributed by atoms with Crippen LogP contribution in [-0.2, 0) is 6.54 Å². The van der Waals surface area contributed by atoms with Crippen molar-refractivity contribution in [2.75, 3.05) is 38.2 Å². The number of hydrogen-bond donors (Lipinski definition) is 2. The fourth-order valence-electron chi connectivity index (χ4n) is 4.39. The van der Waals surface area contributed by atoms with Gasteiger partial charge in [-0.15, -0.1) is 0 Å². The largest absolute Gasteiger partial charge is 0.495 e. The van der Waals surface area contributed by atoms with Crippen molar-refractivity contribution in [3.05, 3.63) is 95.1 Å². The maximum Gasteiger partial charge on any atom is 0.271 e. The topological polar surface area (TPSA) is 58.4 Å². The summed E-state index contributed by atoms with van der Waals surface area (Å²) >= 11 is 0. The Balaban J connectivity index is 1.25. The summed E-state index contributed by atoms with van der Waals surface area (Å²) in [5, 5.41) is 4.11. The first-order valence-corrected chi connectivity index (χ1v) is 12.3. The molecule has 1 saturated heterocycles. The van der Waals surface area contributed by atoms with Gasteiger partial charge in [0.2, 0.25) is 0 Å². The summed E-state index contributed by atoms with van der Waals surface area (Å²) < 4.78 is 5.52. The van der Waals surface area contributed by atoms with E-state index in [-0.39, 0.29) is 5.91 Å². The number of hydrazone groups is 1. The number of nitrogens with one attached hydrogen (secondary N) is 2. The minimum absolute atomic E-state index is 0.204. The molecule has 0 spiro atoms. The number of benzene rings is 3. The van der Waals surface area contributed by atoms with Crippen LogP contribution in [0.2, 0.25) is 0 Å². The number of quaternary nitrogens is 1. The first kappa shape index (κ1) is 24.5. The summed E-state index contributed by atoms with van der Waals surface area (Å²) in [6, 6.07) is 24.3. The van der Waals surface area contributed by atoms with Crippen LogP contribution in [0.1, 0.15) is 46.8 Å². The quantitative estimate of drug-likeness (QED) is 0.391. The Labute approximate surface area is 208 Å². The molecule has 0 atom stereocenters. The van der Waals surface area contributed by atoms with Gasteiger partial charge in [-0.2, -0.15) is 5.10 Å². The standard InChI is InChI=1S/C29H34N4O2/c1-22(2)25-12-8-23(9-13-25)20-30-31-29(34)26-14-10-24(11-15-26)21-32-16-18-33(19-17-32)27-6-4-5-7-28(27)35-3/h4-15,20,22H,16-19,21H2,1-3H3,(H,31,34)/p+1/b30-20-. The number of amides is 1. The lowest BCUT2D eigenvalue weighted by molar-refractivity contribution is -0.914. The Kier molecular flexibility index (Phi) is 8.16. The highest BCUT2D eigenvalue weighted by Crippen LogP contribution is 2.27. The van der Waals surface area contributed by atoms with Crippen LogP contribution in [0.25, 0.3) is 0 Å². The number of methoxy groups -OCH3 is 1. The van der Waals surface area contributed by atoms with Crippen LogP contribution in [-0.4, -0.2) is 45.4 Å². The highest BCUT2D eigenvalue weighted by atomic mass is 16.5. The molecule has 6 nitrogen and oxygen atoms in total. The van der Waals surface area contributed by atoms with Crippen molar-refractivity contribution in [3.8, 4) is 5.75 Å². The van der Waals surface area contributed by atoms with E-state index in [1.165, 1.54) is 16.8 Å². The normalized spacial score (nSPS) is 14.5. The summed E-state index contributed by atoms with van der Waals surface area (Å²) in [5.41, 5.74) is 7.87. The van der Waals surface area contributed by atoms with Crippen molar-refractivity contribution in [2.45, 2.75) is 26.3 Å². The van der Waals surface area contributed by atoms with Gasteiger partial charge in [-0.1, -0.05) is 62.4 Å². The molecule has 0 radical (unpaired) electrons. The molecule has 2 N–H and O–H groups in total. The van der Waals surface area contributed by atoms with Crippen molar-refractivity contribution in [1.82, 2.24) is 5.43 Å². The van der Waals surface area contributed by atoms with E-state index >= 15 is 0 Å². The molecule has 1 heterocycles. The molecule has 3 aromatic rings. The molecule has 1 aliphatic heterocycles. The smallest absolute Gasteiger partial charge is 0.271 e. The van der Waals surface area contributed by atoms with Crippen LogP contribution in [0.3, 0.4) is 0 Å². The van der Waals surface area contributed by atoms with Crippen LogP contribution in [0.5, 0.6) is 5.75 Å². The SMILES string of the molecule is COc1ccccc1N1CC[NH+](Cc2ccc(C(=O)N/N=C\c3ccc(C(C)C)cc3)cc2)CC1. The molecule has 0 bridgehead atoms. The lowest BCUT2D eigenvalue weighted by Crippen LogP contribution is -3.13. The third-order valence-electron chi connectivity index (χ3n) is 6.55. The monoisotopic (exact) mass is 471 g/mol. The average Bonchev–Trinajstić information content (AvgIpc) is 2.90. The molecule has 1 aliphatic rings. The summed E-state index contributed by atoms with van der Waals surface area (Å²) in [6.07, 6.45) is 1.67. The van der Waals surface area contributed by atoms with Crippen molar-refractivity contribution in [2.24, 2.45) is 5.10 Å². The predicted octanol–water partition coefficient (Wildman–Crippen LogP) is 3.49. The van der Waals surface area contributed by atoms with Gasteiger partial charge in [0.05, 0.1) is 45.2 Å². The Morgan fingerprint density at radius 3 is 2.37 bits per heavy atom. The van der Waals surface area contributed by atoms with E-state index in [1.54, 1.807) is 18.2 Å². The summed E-state index contributed by atoms with van der Waals surface area (Å²) in [6.45, 7) is 9.40. The average molecular weight is 472 g/mol. The van der Waals surface area contributed by atoms with E-state index in [9.17, 15) is 4.79 Å². The van der Waals surface area contributed by atoms with Gasteiger partial charge < -0.3 is 14.5 Å². The van der Waals surface area contributed by atoms with E-state index in [0.717, 1.165) is 44.0 Å². The Bertz CT molecular complexity index is 1130. The molecule has 182 valence electrons. The zero-order chi connectivity index (χ0) is 24.6. The van der Waals surface area contributed by atoms with E-state index in [1.807, 2.05) is 48.5 Å². The van der Waals surface area contributed by atoms with E-state index < -0.39 is 0 Å². The van der Waals surface area contributed by atoms with Gasteiger partial charge in [-0.05, 0) is 41.3 Å².